The maximum absolute atomic E-state index is 12.4. The molecule has 0 unspecified atom stereocenters. The molecule has 1 saturated carbocycles. The van der Waals surface area contributed by atoms with Crippen molar-refractivity contribution in [2.75, 3.05) is 6.54 Å². The van der Waals surface area contributed by atoms with Gasteiger partial charge in [-0.25, -0.2) is 9.97 Å². The van der Waals surface area contributed by atoms with Crippen LogP contribution in [0.5, 0.6) is 0 Å². The molecule has 0 saturated heterocycles. The fraction of sp³-hybridized carbons (Fsp3) is 0.588. The van der Waals surface area contributed by atoms with Gasteiger partial charge < -0.3 is 5.32 Å². The number of nitrogens with zero attached hydrogens (tertiary/aromatic N) is 2. The molecule has 1 aliphatic carbocycles. The van der Waals surface area contributed by atoms with Crippen molar-refractivity contribution in [3.05, 3.63) is 22.0 Å². The predicted octanol–water partition coefficient (Wildman–Crippen LogP) is 4.11. The van der Waals surface area contributed by atoms with Crippen molar-refractivity contribution in [1.29, 1.82) is 0 Å². The van der Waals surface area contributed by atoms with Gasteiger partial charge in [0.25, 0.3) is 5.91 Å². The molecule has 2 aromatic heterocycles. The van der Waals surface area contributed by atoms with Crippen molar-refractivity contribution in [2.24, 2.45) is 0 Å². The van der Waals surface area contributed by atoms with Crippen LogP contribution >= 0.6 is 11.3 Å². The Morgan fingerprint density at radius 1 is 1.27 bits per heavy atom. The van der Waals surface area contributed by atoms with E-state index in [4.69, 9.17) is 4.98 Å². The number of hydrogen-bond acceptors (Lipinski definition) is 4. The number of aromatic nitrogens is 2. The Morgan fingerprint density at radius 2 is 2.05 bits per heavy atom. The molecule has 2 heterocycles. The van der Waals surface area contributed by atoms with Gasteiger partial charge in [0.05, 0.1) is 10.6 Å². The van der Waals surface area contributed by atoms with E-state index in [1.54, 1.807) is 0 Å². The Bertz CT molecular complexity index is 703. The van der Waals surface area contributed by atoms with Crippen LogP contribution in [-0.2, 0) is 0 Å². The lowest BCUT2D eigenvalue weighted by atomic mass is 10.1. The zero-order valence-electron chi connectivity index (χ0n) is 13.5. The second-order valence-electron chi connectivity index (χ2n) is 6.14. The number of aryl methyl sites for hydroxylation is 2. The zero-order chi connectivity index (χ0) is 15.7. The van der Waals surface area contributed by atoms with E-state index in [2.05, 4.69) is 17.2 Å². The van der Waals surface area contributed by atoms with Crippen LogP contribution in [0.3, 0.4) is 0 Å². The van der Waals surface area contributed by atoms with Crippen molar-refractivity contribution in [1.82, 2.24) is 15.3 Å². The van der Waals surface area contributed by atoms with Crippen LogP contribution in [-0.4, -0.2) is 22.4 Å². The molecule has 0 aliphatic heterocycles. The number of thiophene rings is 1. The lowest BCUT2D eigenvalue weighted by Crippen LogP contribution is -2.24. The minimum atomic E-state index is 0.0315. The summed E-state index contributed by atoms with van der Waals surface area (Å²) in [6.07, 6.45) is 5.74. The third-order valence-electron chi connectivity index (χ3n) is 4.20. The Kier molecular flexibility index (Phi) is 4.43. The number of carbonyl (C=O) groups excluding carboxylic acids is 1. The van der Waals surface area contributed by atoms with Crippen LogP contribution in [0.1, 0.15) is 71.7 Å². The van der Waals surface area contributed by atoms with Crippen molar-refractivity contribution in [3.8, 4) is 0 Å². The average Bonchev–Trinajstić information content (AvgIpc) is 3.28. The van der Waals surface area contributed by atoms with Gasteiger partial charge >= 0.3 is 0 Å². The van der Waals surface area contributed by atoms with Crippen LogP contribution in [0, 0.1) is 13.8 Å². The predicted molar refractivity (Wildman–Crippen MR) is 90.7 cm³/mol. The number of fused-ring (bicyclic) bond motifs is 1. The van der Waals surface area contributed by atoms with Gasteiger partial charge in [0.1, 0.15) is 10.7 Å². The second kappa shape index (κ2) is 6.32. The molecule has 4 nitrogen and oxygen atoms in total. The highest BCUT2D eigenvalue weighted by molar-refractivity contribution is 7.20. The Balaban J connectivity index is 1.85. The summed E-state index contributed by atoms with van der Waals surface area (Å²) in [5, 5.41) is 4.09. The number of amides is 1. The first-order valence-corrected chi connectivity index (χ1v) is 8.99. The highest BCUT2D eigenvalue weighted by Gasteiger charge is 2.28. The lowest BCUT2D eigenvalue weighted by Gasteiger charge is -2.04. The van der Waals surface area contributed by atoms with Crippen LogP contribution in [0.2, 0.25) is 0 Å². The van der Waals surface area contributed by atoms with Crippen LogP contribution in [0.4, 0.5) is 0 Å². The number of nitrogens with one attached hydrogen (secondary N) is 1. The Morgan fingerprint density at radius 3 is 2.73 bits per heavy atom. The molecular weight excluding hydrogens is 294 g/mol. The number of rotatable bonds is 6. The van der Waals surface area contributed by atoms with E-state index in [1.165, 1.54) is 24.2 Å². The first kappa shape index (κ1) is 15.4. The van der Waals surface area contributed by atoms with E-state index >= 15 is 0 Å². The SMILES string of the molecule is CCCCCNC(=O)c1sc2nc(C3CC3)nc(C)c2c1C. The highest BCUT2D eigenvalue weighted by atomic mass is 32.1. The summed E-state index contributed by atoms with van der Waals surface area (Å²) in [7, 11) is 0. The Labute approximate surface area is 135 Å². The number of unbranched alkanes of at least 4 members (excludes halogenated alkanes) is 2. The molecule has 1 amide bonds. The standard InChI is InChI=1S/C17H23N3OS/c1-4-5-6-9-18-16(21)14-10(2)13-11(3)19-15(12-7-8-12)20-17(13)22-14/h12H,4-9H2,1-3H3,(H,18,21). The number of carbonyl (C=O) groups is 1. The Hall–Kier alpha value is -1.49. The average molecular weight is 317 g/mol. The maximum Gasteiger partial charge on any atom is 0.261 e. The molecule has 0 spiro atoms. The van der Waals surface area contributed by atoms with E-state index in [-0.39, 0.29) is 5.91 Å². The molecule has 3 rings (SSSR count). The van der Waals surface area contributed by atoms with Crippen molar-refractivity contribution in [3.63, 3.8) is 0 Å². The van der Waals surface area contributed by atoms with E-state index in [9.17, 15) is 4.79 Å². The van der Waals surface area contributed by atoms with Gasteiger partial charge in [0.2, 0.25) is 0 Å². The van der Waals surface area contributed by atoms with E-state index in [1.807, 2.05) is 13.8 Å². The molecule has 118 valence electrons. The smallest absolute Gasteiger partial charge is 0.261 e. The third-order valence-corrected chi connectivity index (χ3v) is 5.39. The van der Waals surface area contributed by atoms with Gasteiger partial charge in [-0.05, 0) is 38.7 Å². The van der Waals surface area contributed by atoms with Crippen molar-refractivity contribution < 1.29 is 4.79 Å². The molecule has 5 heteroatoms. The van der Waals surface area contributed by atoms with Gasteiger partial charge in [-0.1, -0.05) is 19.8 Å². The van der Waals surface area contributed by atoms with Crippen LogP contribution in [0.15, 0.2) is 0 Å². The summed E-state index contributed by atoms with van der Waals surface area (Å²) in [5.41, 5.74) is 2.03. The normalized spacial score (nSPS) is 14.5. The molecule has 2 aromatic rings. The van der Waals surface area contributed by atoms with Gasteiger partial charge in [-0.2, -0.15) is 0 Å². The minimum Gasteiger partial charge on any atom is -0.351 e. The van der Waals surface area contributed by atoms with Crippen molar-refractivity contribution in [2.45, 2.75) is 58.8 Å². The molecule has 0 radical (unpaired) electrons. The molecule has 1 N–H and O–H groups in total. The number of hydrogen-bond donors (Lipinski definition) is 1. The van der Waals surface area contributed by atoms with Gasteiger partial charge in [-0.15, -0.1) is 11.3 Å². The van der Waals surface area contributed by atoms with Gasteiger partial charge in [0.15, 0.2) is 0 Å². The largest absolute Gasteiger partial charge is 0.351 e. The fourth-order valence-electron chi connectivity index (χ4n) is 2.76. The monoisotopic (exact) mass is 317 g/mol. The molecular formula is C17H23N3OS. The molecule has 0 aromatic carbocycles. The summed E-state index contributed by atoms with van der Waals surface area (Å²) >= 11 is 1.51. The summed E-state index contributed by atoms with van der Waals surface area (Å²) in [6.45, 7) is 6.95. The molecule has 1 fully saturated rings. The molecule has 1 aliphatic rings. The summed E-state index contributed by atoms with van der Waals surface area (Å²) in [6, 6.07) is 0. The second-order valence-corrected chi connectivity index (χ2v) is 7.14. The quantitative estimate of drug-likeness (QED) is 0.816. The summed E-state index contributed by atoms with van der Waals surface area (Å²) in [5.74, 6) is 1.53. The molecule has 0 bridgehead atoms. The van der Waals surface area contributed by atoms with E-state index in [0.717, 1.165) is 58.0 Å². The van der Waals surface area contributed by atoms with Gasteiger partial charge in [0, 0.05) is 17.8 Å². The third kappa shape index (κ3) is 3.00. The minimum absolute atomic E-state index is 0.0315. The zero-order valence-corrected chi connectivity index (χ0v) is 14.3. The molecule has 22 heavy (non-hydrogen) atoms. The van der Waals surface area contributed by atoms with E-state index < -0.39 is 0 Å². The fourth-order valence-corrected chi connectivity index (χ4v) is 3.91. The first-order valence-electron chi connectivity index (χ1n) is 8.17. The highest BCUT2D eigenvalue weighted by Crippen LogP contribution is 2.40. The maximum atomic E-state index is 12.4. The van der Waals surface area contributed by atoms with Crippen LogP contribution in [0.25, 0.3) is 10.2 Å². The molecule has 0 atom stereocenters. The van der Waals surface area contributed by atoms with Crippen molar-refractivity contribution >= 4 is 27.5 Å². The topological polar surface area (TPSA) is 54.9 Å². The lowest BCUT2D eigenvalue weighted by molar-refractivity contribution is 0.0956. The van der Waals surface area contributed by atoms with Gasteiger partial charge in [-0.3, -0.25) is 4.79 Å². The van der Waals surface area contributed by atoms with Crippen LogP contribution < -0.4 is 5.32 Å². The summed E-state index contributed by atoms with van der Waals surface area (Å²) < 4.78 is 0. The first-order chi connectivity index (χ1) is 10.6. The van der Waals surface area contributed by atoms with E-state index in [0.29, 0.717) is 5.92 Å². The summed E-state index contributed by atoms with van der Waals surface area (Å²) in [4.78, 5) is 23.5.